The van der Waals surface area contributed by atoms with E-state index in [1.54, 1.807) is 18.9 Å². The van der Waals surface area contributed by atoms with Crippen LogP contribution in [0.3, 0.4) is 0 Å². The number of hydrogen-bond acceptors (Lipinski definition) is 5. The molecule has 36 heavy (non-hydrogen) atoms. The Bertz CT molecular complexity index is 1060. The lowest BCUT2D eigenvalue weighted by molar-refractivity contribution is -0.0520. The van der Waals surface area contributed by atoms with Crippen LogP contribution in [-0.4, -0.2) is 26.0 Å². The molecule has 2 N–H and O–H groups in total. The molecule has 3 rings (SSSR count). The van der Waals surface area contributed by atoms with Crippen LogP contribution < -0.4 is 10.5 Å². The number of ether oxygens (including phenoxy) is 3. The molecule has 3 aromatic rings. The molecule has 0 fully saturated rings. The van der Waals surface area contributed by atoms with Gasteiger partial charge in [0.15, 0.2) is 0 Å². The predicted octanol–water partition coefficient (Wildman–Crippen LogP) is 7.76. The number of aryl methyl sites for hydroxylation is 1. The molecule has 0 heterocycles. The van der Waals surface area contributed by atoms with Gasteiger partial charge in [0, 0.05) is 27.5 Å². The van der Waals surface area contributed by atoms with E-state index in [1.807, 2.05) is 36.4 Å². The molecule has 0 saturated heterocycles. The second kappa shape index (κ2) is 14.7. The van der Waals surface area contributed by atoms with Crippen LogP contribution >= 0.6 is 23.4 Å². The number of nitrogens with two attached hydrogens (primary N) is 1. The maximum atomic E-state index is 6.69. The fourth-order valence-corrected chi connectivity index (χ4v) is 5.55. The van der Waals surface area contributed by atoms with Crippen LogP contribution in [0.15, 0.2) is 82.6 Å². The van der Waals surface area contributed by atoms with Gasteiger partial charge in [0.2, 0.25) is 0 Å². The fraction of sp³-hybridized carbons (Fsp3) is 0.400. The van der Waals surface area contributed by atoms with E-state index in [1.165, 1.54) is 0 Å². The van der Waals surface area contributed by atoms with E-state index in [2.05, 4.69) is 50.2 Å². The molecule has 0 aliphatic heterocycles. The van der Waals surface area contributed by atoms with Gasteiger partial charge >= 0.3 is 0 Å². The molecular weight excluding hydrogens is 490 g/mol. The lowest BCUT2D eigenvalue weighted by Gasteiger charge is -2.31. The van der Waals surface area contributed by atoms with Gasteiger partial charge in [-0.3, -0.25) is 0 Å². The monoisotopic (exact) mass is 527 g/mol. The molecule has 0 aromatic heterocycles. The van der Waals surface area contributed by atoms with Crippen molar-refractivity contribution in [2.45, 2.75) is 61.5 Å². The maximum Gasteiger partial charge on any atom is 0.146 e. The molecule has 6 heteroatoms. The third-order valence-corrected chi connectivity index (χ3v) is 7.17. The van der Waals surface area contributed by atoms with Crippen molar-refractivity contribution in [3.05, 3.63) is 88.9 Å². The van der Waals surface area contributed by atoms with Gasteiger partial charge in [0.1, 0.15) is 19.1 Å². The Labute approximate surface area is 225 Å². The Morgan fingerprint density at radius 3 is 2.47 bits per heavy atom. The first-order valence-electron chi connectivity index (χ1n) is 12.5. The summed E-state index contributed by atoms with van der Waals surface area (Å²) < 4.78 is 16.6. The minimum absolute atomic E-state index is 0.268. The highest BCUT2D eigenvalue weighted by molar-refractivity contribution is 7.99. The number of hydrogen-bond donors (Lipinski definition) is 1. The fourth-order valence-electron chi connectivity index (χ4n) is 4.30. The lowest BCUT2D eigenvalue weighted by atomic mass is 9.85. The molecule has 0 bridgehead atoms. The second-order valence-corrected chi connectivity index (χ2v) is 11.2. The Morgan fingerprint density at radius 1 is 0.972 bits per heavy atom. The summed E-state index contributed by atoms with van der Waals surface area (Å²) in [6, 6.07) is 24.6. The van der Waals surface area contributed by atoms with Gasteiger partial charge in [0.05, 0.1) is 6.61 Å². The van der Waals surface area contributed by atoms with E-state index in [0.717, 1.165) is 57.4 Å². The summed E-state index contributed by atoms with van der Waals surface area (Å²) in [7, 11) is 1.63. The zero-order valence-electron chi connectivity index (χ0n) is 21.5. The third-order valence-electron chi connectivity index (χ3n) is 5.84. The van der Waals surface area contributed by atoms with Crippen LogP contribution in [0.2, 0.25) is 5.02 Å². The molecule has 0 radical (unpaired) electrons. The summed E-state index contributed by atoms with van der Waals surface area (Å²) in [5, 5.41) is 0.790. The molecule has 0 aliphatic rings. The summed E-state index contributed by atoms with van der Waals surface area (Å²) >= 11 is 8.35. The van der Waals surface area contributed by atoms with Crippen molar-refractivity contribution in [2.24, 2.45) is 11.7 Å². The molecule has 1 atom stereocenters. The highest BCUT2D eigenvalue weighted by Crippen LogP contribution is 2.33. The smallest absolute Gasteiger partial charge is 0.146 e. The van der Waals surface area contributed by atoms with Crippen LogP contribution in [0, 0.1) is 5.92 Å². The van der Waals surface area contributed by atoms with Gasteiger partial charge in [-0.05, 0) is 73.1 Å². The van der Waals surface area contributed by atoms with Gasteiger partial charge in [0.25, 0.3) is 0 Å². The molecule has 0 saturated carbocycles. The first kappa shape index (κ1) is 28.5. The first-order chi connectivity index (χ1) is 17.4. The summed E-state index contributed by atoms with van der Waals surface area (Å²) in [6.07, 6.45) is 3.62. The quantitative estimate of drug-likeness (QED) is 0.162. The normalized spacial score (nSPS) is 13.1. The zero-order chi connectivity index (χ0) is 25.8. The van der Waals surface area contributed by atoms with Gasteiger partial charge in [-0.25, -0.2) is 0 Å². The van der Waals surface area contributed by atoms with Crippen LogP contribution in [0.5, 0.6) is 5.75 Å². The SMILES string of the molecule is COCOCC(N)(CCCc1ccc(Sc2cccc(OCc3ccccc3)c2)cc1Cl)CC(C)C. The van der Waals surface area contributed by atoms with E-state index in [0.29, 0.717) is 19.1 Å². The Balaban J connectivity index is 1.54. The molecule has 0 spiro atoms. The van der Waals surface area contributed by atoms with Crippen molar-refractivity contribution in [3.8, 4) is 5.75 Å². The Kier molecular flexibility index (Phi) is 11.6. The first-order valence-corrected chi connectivity index (χ1v) is 13.6. The average Bonchev–Trinajstić information content (AvgIpc) is 2.85. The van der Waals surface area contributed by atoms with Gasteiger partial charge < -0.3 is 19.9 Å². The van der Waals surface area contributed by atoms with Crippen molar-refractivity contribution in [1.29, 1.82) is 0 Å². The van der Waals surface area contributed by atoms with Crippen LogP contribution in [0.25, 0.3) is 0 Å². The molecule has 194 valence electrons. The van der Waals surface area contributed by atoms with Gasteiger partial charge in [-0.15, -0.1) is 0 Å². The Morgan fingerprint density at radius 2 is 1.75 bits per heavy atom. The van der Waals surface area contributed by atoms with E-state index < -0.39 is 0 Å². The third kappa shape index (κ3) is 9.79. The maximum absolute atomic E-state index is 6.69. The average molecular weight is 528 g/mol. The summed E-state index contributed by atoms with van der Waals surface area (Å²) in [5.74, 6) is 1.36. The van der Waals surface area contributed by atoms with Crippen LogP contribution in [-0.2, 0) is 22.5 Å². The minimum Gasteiger partial charge on any atom is -0.489 e. The van der Waals surface area contributed by atoms with Crippen LogP contribution in [0.4, 0.5) is 0 Å². The number of benzene rings is 3. The van der Waals surface area contributed by atoms with Crippen molar-refractivity contribution < 1.29 is 14.2 Å². The van der Waals surface area contributed by atoms with Gasteiger partial charge in [-0.1, -0.05) is 79.7 Å². The topological polar surface area (TPSA) is 53.7 Å². The van der Waals surface area contributed by atoms with Crippen molar-refractivity contribution in [3.63, 3.8) is 0 Å². The molecule has 0 aliphatic carbocycles. The largest absolute Gasteiger partial charge is 0.489 e. The molecule has 1 unspecified atom stereocenters. The van der Waals surface area contributed by atoms with Crippen LogP contribution in [0.1, 0.15) is 44.2 Å². The molecule has 4 nitrogen and oxygen atoms in total. The molecule has 3 aromatic carbocycles. The van der Waals surface area contributed by atoms with E-state index in [-0.39, 0.29) is 12.3 Å². The van der Waals surface area contributed by atoms with E-state index >= 15 is 0 Å². The van der Waals surface area contributed by atoms with E-state index in [9.17, 15) is 0 Å². The minimum atomic E-state index is -0.359. The summed E-state index contributed by atoms with van der Waals surface area (Å²) in [5.41, 5.74) is 8.63. The van der Waals surface area contributed by atoms with Crippen molar-refractivity contribution in [1.82, 2.24) is 0 Å². The molecular formula is C30H38ClNO3S. The highest BCUT2D eigenvalue weighted by Gasteiger charge is 2.26. The number of rotatable bonds is 15. The van der Waals surface area contributed by atoms with E-state index in [4.69, 9.17) is 31.5 Å². The predicted molar refractivity (Wildman–Crippen MR) is 150 cm³/mol. The Hall–Kier alpha value is -2.02. The number of halogens is 1. The summed E-state index contributed by atoms with van der Waals surface area (Å²) in [6.45, 7) is 5.70. The van der Waals surface area contributed by atoms with Crippen molar-refractivity contribution in [2.75, 3.05) is 20.5 Å². The van der Waals surface area contributed by atoms with Crippen molar-refractivity contribution >= 4 is 23.4 Å². The molecule has 0 amide bonds. The standard InChI is InChI=1S/C30H38ClNO3S/c1-23(2)19-30(32,21-34-22-33-3)16-8-11-25-14-15-28(18-29(25)31)36-27-13-7-12-26(17-27)35-20-24-9-5-4-6-10-24/h4-7,9-10,12-15,17-18,23H,8,11,16,19-22,32H2,1-3H3. The summed E-state index contributed by atoms with van der Waals surface area (Å²) in [4.78, 5) is 2.21. The second-order valence-electron chi connectivity index (χ2n) is 9.67. The van der Waals surface area contributed by atoms with Gasteiger partial charge in [-0.2, -0.15) is 0 Å². The zero-order valence-corrected chi connectivity index (χ0v) is 23.1. The number of methoxy groups -OCH3 is 1. The lowest BCUT2D eigenvalue weighted by Crippen LogP contribution is -2.46. The highest BCUT2D eigenvalue weighted by atomic mass is 35.5.